The van der Waals surface area contributed by atoms with Crippen LogP contribution in [0.3, 0.4) is 0 Å². The van der Waals surface area contributed by atoms with Crippen molar-refractivity contribution in [2.75, 3.05) is 31.1 Å². The van der Waals surface area contributed by atoms with Crippen molar-refractivity contribution >= 4 is 27.5 Å². The molecule has 0 spiro atoms. The number of rotatable bonds is 5. The normalized spacial score (nSPS) is 29.6. The highest BCUT2D eigenvalue weighted by atomic mass is 19.1. The summed E-state index contributed by atoms with van der Waals surface area (Å²) in [6, 6.07) is 8.79. The van der Waals surface area contributed by atoms with E-state index >= 15 is 8.78 Å². The maximum absolute atomic E-state index is 17.2. The Labute approximate surface area is 272 Å². The molecule has 0 radical (unpaired) electrons. The zero-order valence-corrected chi connectivity index (χ0v) is 26.6. The zero-order valence-electron chi connectivity index (χ0n) is 26.6. The first-order valence-corrected chi connectivity index (χ1v) is 17.2. The van der Waals surface area contributed by atoms with E-state index in [9.17, 15) is 4.39 Å². The van der Waals surface area contributed by atoms with Crippen molar-refractivity contribution in [1.82, 2.24) is 19.9 Å². The second-order valence-electron chi connectivity index (χ2n) is 14.6. The lowest BCUT2D eigenvalue weighted by Gasteiger charge is -2.44. The quantitative estimate of drug-likeness (QED) is 0.215. The number of halogens is 3. The molecule has 4 aromatic rings. The summed E-state index contributed by atoms with van der Waals surface area (Å²) in [5.74, 6) is 3.45. The molecule has 4 aliphatic heterocycles. The Balaban J connectivity index is 1.26. The highest BCUT2D eigenvalue weighted by Gasteiger charge is 2.50. The van der Waals surface area contributed by atoms with Gasteiger partial charge in [-0.05, 0) is 74.3 Å². The summed E-state index contributed by atoms with van der Waals surface area (Å²) in [5, 5.41) is 1.80. The Bertz CT molecular complexity index is 1980. The predicted molar refractivity (Wildman–Crippen MR) is 176 cm³/mol. The Morgan fingerprint density at radius 1 is 1.09 bits per heavy atom. The van der Waals surface area contributed by atoms with Gasteiger partial charge in [0.25, 0.3) is 0 Å². The van der Waals surface area contributed by atoms with E-state index < -0.39 is 23.3 Å². The molecule has 9 heteroatoms. The van der Waals surface area contributed by atoms with Gasteiger partial charge in [-0.2, -0.15) is 9.97 Å². The molecular weight excluding hydrogens is 599 g/mol. The van der Waals surface area contributed by atoms with Crippen LogP contribution in [0.2, 0.25) is 0 Å². The molecule has 47 heavy (non-hydrogen) atoms. The van der Waals surface area contributed by atoms with E-state index in [1.54, 1.807) is 12.1 Å². The Kier molecular flexibility index (Phi) is 6.73. The molecular formula is C38H38F3N5O. The van der Waals surface area contributed by atoms with Gasteiger partial charge in [0.1, 0.15) is 35.6 Å². The first kappa shape index (κ1) is 29.3. The fourth-order valence-electron chi connectivity index (χ4n) is 10.0. The first-order valence-electron chi connectivity index (χ1n) is 17.2. The number of alkyl halides is 1. The van der Waals surface area contributed by atoms with Crippen molar-refractivity contribution in [3.05, 3.63) is 53.2 Å². The topological polar surface area (TPSA) is 54.4 Å². The third-order valence-corrected chi connectivity index (χ3v) is 12.1. The summed E-state index contributed by atoms with van der Waals surface area (Å²) in [6.07, 6.45) is 12.4. The largest absolute Gasteiger partial charge is 0.461 e. The fraction of sp³-hybridized carbons (Fsp3) is 0.500. The summed E-state index contributed by atoms with van der Waals surface area (Å²) in [5.41, 5.74) is 1.14. The van der Waals surface area contributed by atoms with Crippen LogP contribution in [0, 0.1) is 41.7 Å². The van der Waals surface area contributed by atoms with Crippen LogP contribution in [0.1, 0.15) is 63.1 Å². The average Bonchev–Trinajstić information content (AvgIpc) is 3.71. The maximum atomic E-state index is 17.2. The third-order valence-electron chi connectivity index (χ3n) is 12.1. The summed E-state index contributed by atoms with van der Waals surface area (Å²) < 4.78 is 53.2. The zero-order chi connectivity index (χ0) is 32.0. The molecule has 242 valence electrons. The minimum Gasteiger partial charge on any atom is -0.461 e. The van der Waals surface area contributed by atoms with E-state index in [4.69, 9.17) is 26.1 Å². The molecule has 0 N–H and O–H groups in total. The molecule has 3 saturated heterocycles. The molecule has 1 saturated carbocycles. The van der Waals surface area contributed by atoms with E-state index in [0.29, 0.717) is 64.7 Å². The minimum atomic E-state index is -0.885. The van der Waals surface area contributed by atoms with Crippen molar-refractivity contribution in [2.24, 2.45) is 17.8 Å². The van der Waals surface area contributed by atoms with Gasteiger partial charge in [0.15, 0.2) is 5.82 Å². The monoisotopic (exact) mass is 637 g/mol. The second kappa shape index (κ2) is 10.8. The van der Waals surface area contributed by atoms with Gasteiger partial charge in [-0.1, -0.05) is 43.5 Å². The highest BCUT2D eigenvalue weighted by molar-refractivity contribution is 6.02. The number of nitrogens with zero attached hydrogens (tertiary/aromatic N) is 5. The molecule has 2 bridgehead atoms. The van der Waals surface area contributed by atoms with E-state index in [1.807, 2.05) is 12.1 Å². The number of hydrogen-bond acceptors (Lipinski definition) is 6. The van der Waals surface area contributed by atoms with Gasteiger partial charge >= 0.3 is 6.01 Å². The highest BCUT2D eigenvalue weighted by Crippen LogP contribution is 2.50. The van der Waals surface area contributed by atoms with Crippen LogP contribution in [-0.4, -0.2) is 63.8 Å². The van der Waals surface area contributed by atoms with Crippen molar-refractivity contribution in [3.63, 3.8) is 0 Å². The minimum absolute atomic E-state index is 0.0837. The van der Waals surface area contributed by atoms with Crippen LogP contribution in [-0.2, 0) is 6.42 Å². The summed E-state index contributed by atoms with van der Waals surface area (Å²) in [4.78, 5) is 19.5. The van der Waals surface area contributed by atoms with Gasteiger partial charge in [0.05, 0.1) is 22.2 Å². The number of aromatic nitrogens is 3. The van der Waals surface area contributed by atoms with E-state index in [2.05, 4.69) is 22.6 Å². The molecule has 4 fully saturated rings. The number of benzene rings is 2. The van der Waals surface area contributed by atoms with E-state index in [1.165, 1.54) is 25.3 Å². The Morgan fingerprint density at radius 2 is 1.98 bits per heavy atom. The predicted octanol–water partition coefficient (Wildman–Crippen LogP) is 7.25. The molecule has 9 rings (SSSR count). The smallest absolute Gasteiger partial charge is 0.319 e. The fourth-order valence-corrected chi connectivity index (χ4v) is 10.0. The lowest BCUT2D eigenvalue weighted by atomic mass is 9.80. The molecule has 6 atom stereocenters. The average molecular weight is 638 g/mol. The van der Waals surface area contributed by atoms with Gasteiger partial charge in [0, 0.05) is 36.5 Å². The molecule has 0 amide bonds. The maximum Gasteiger partial charge on any atom is 0.319 e. The van der Waals surface area contributed by atoms with E-state index in [0.717, 1.165) is 38.0 Å². The second-order valence-corrected chi connectivity index (χ2v) is 14.6. The van der Waals surface area contributed by atoms with Crippen LogP contribution in [0.15, 0.2) is 30.3 Å². The summed E-state index contributed by atoms with van der Waals surface area (Å²) in [6.45, 7) is 4.61. The number of anilines is 1. The SMILES string of the molecule is C#Cc1c(F)ccc2cccc(-c3nc4c5c(nc(OC[C@@]67CCCN6C[C@H](F)C7)nc5c3F)N3C[C@H]5CC[C@H](C5)[C@@H]3[C@@H](CC)C4)c12. The Hall–Kier alpha value is -3.90. The van der Waals surface area contributed by atoms with Gasteiger partial charge in [-0.25, -0.2) is 18.2 Å². The van der Waals surface area contributed by atoms with Crippen LogP contribution < -0.4 is 9.64 Å². The standard InChI is InChI=1S/C38H38F3N5O/c1-3-22-16-29-31-34(32(41)33(42-29)27-8-5-7-23-11-12-28(40)26(4-2)30(23)27)43-37(47-20-38-13-6-14-45(38)19-25(39)17-38)44-36(31)46-18-21-9-10-24(15-21)35(22)46/h2,5,7-8,11-12,21-22,24-25,35H,3,6,9-10,13-20H2,1H3/t21-,22-,24+,25+,35-,38-/m0/s1. The third kappa shape index (κ3) is 4.40. The van der Waals surface area contributed by atoms with Crippen LogP contribution in [0.5, 0.6) is 6.01 Å². The van der Waals surface area contributed by atoms with Gasteiger partial charge in [-0.15, -0.1) is 6.42 Å². The summed E-state index contributed by atoms with van der Waals surface area (Å²) in [7, 11) is 0. The van der Waals surface area contributed by atoms with Gasteiger partial charge < -0.3 is 9.64 Å². The van der Waals surface area contributed by atoms with Crippen molar-refractivity contribution in [3.8, 4) is 29.6 Å². The molecule has 5 aliphatic rings. The molecule has 6 heterocycles. The molecule has 1 aliphatic carbocycles. The van der Waals surface area contributed by atoms with Crippen molar-refractivity contribution < 1.29 is 17.9 Å². The van der Waals surface area contributed by atoms with Gasteiger partial charge in [0.2, 0.25) is 0 Å². The van der Waals surface area contributed by atoms with Crippen molar-refractivity contribution in [2.45, 2.75) is 76.0 Å². The van der Waals surface area contributed by atoms with Crippen LogP contribution in [0.25, 0.3) is 32.9 Å². The number of pyridine rings is 1. The van der Waals surface area contributed by atoms with E-state index in [-0.39, 0.29) is 35.4 Å². The van der Waals surface area contributed by atoms with Crippen LogP contribution >= 0.6 is 0 Å². The van der Waals surface area contributed by atoms with Crippen molar-refractivity contribution in [1.29, 1.82) is 0 Å². The van der Waals surface area contributed by atoms with Gasteiger partial charge in [-0.3, -0.25) is 4.90 Å². The number of fused-ring (bicyclic) bond motifs is 7. The first-order chi connectivity index (χ1) is 22.9. The Morgan fingerprint density at radius 3 is 2.83 bits per heavy atom. The van der Waals surface area contributed by atoms with Crippen LogP contribution in [0.4, 0.5) is 19.0 Å². The molecule has 2 aromatic heterocycles. The lowest BCUT2D eigenvalue weighted by Crippen LogP contribution is -2.50. The molecule has 2 aromatic carbocycles. The number of piperidine rings is 1. The lowest BCUT2D eigenvalue weighted by molar-refractivity contribution is 0.107. The molecule has 6 nitrogen and oxygen atoms in total. The number of terminal acetylenes is 1. The number of ether oxygens (including phenoxy) is 1. The molecule has 0 unspecified atom stereocenters. The number of hydrogen-bond donors (Lipinski definition) is 0. The summed E-state index contributed by atoms with van der Waals surface area (Å²) >= 11 is 0.